The van der Waals surface area contributed by atoms with Crippen molar-refractivity contribution < 1.29 is 13.6 Å². The molecule has 0 bridgehead atoms. The van der Waals surface area contributed by atoms with Gasteiger partial charge in [0.2, 0.25) is 0 Å². The highest BCUT2D eigenvalue weighted by Crippen LogP contribution is 2.17. The summed E-state index contributed by atoms with van der Waals surface area (Å²) >= 11 is 0. The third kappa shape index (κ3) is 4.14. The van der Waals surface area contributed by atoms with E-state index in [9.17, 15) is 13.6 Å². The van der Waals surface area contributed by atoms with E-state index >= 15 is 0 Å². The second kappa shape index (κ2) is 6.85. The SMILES string of the molecule is CC(CNC(=O)c1cc(F)cc(N)c1F)CN1CCCC1. The van der Waals surface area contributed by atoms with E-state index in [0.717, 1.165) is 31.8 Å². The summed E-state index contributed by atoms with van der Waals surface area (Å²) < 4.78 is 26.9. The van der Waals surface area contributed by atoms with Crippen LogP contribution >= 0.6 is 0 Å². The molecule has 1 aliphatic heterocycles. The van der Waals surface area contributed by atoms with E-state index in [4.69, 9.17) is 5.73 Å². The number of amides is 1. The molecule has 1 unspecified atom stereocenters. The molecule has 1 aliphatic rings. The molecule has 116 valence electrons. The second-order valence-corrected chi connectivity index (χ2v) is 5.68. The molecule has 0 saturated carbocycles. The number of nitrogens with two attached hydrogens (primary N) is 1. The van der Waals surface area contributed by atoms with Crippen LogP contribution in [-0.4, -0.2) is 37.0 Å². The molecule has 1 atom stereocenters. The number of carbonyl (C=O) groups is 1. The number of likely N-dealkylation sites (tertiary alicyclic amines) is 1. The number of rotatable bonds is 5. The van der Waals surface area contributed by atoms with Crippen molar-refractivity contribution in [3.05, 3.63) is 29.3 Å². The van der Waals surface area contributed by atoms with Gasteiger partial charge in [-0.05, 0) is 44.0 Å². The van der Waals surface area contributed by atoms with Crippen LogP contribution in [0.15, 0.2) is 12.1 Å². The lowest BCUT2D eigenvalue weighted by Crippen LogP contribution is -2.34. The van der Waals surface area contributed by atoms with Gasteiger partial charge in [-0.1, -0.05) is 6.92 Å². The first-order valence-electron chi connectivity index (χ1n) is 7.22. The topological polar surface area (TPSA) is 58.4 Å². The van der Waals surface area contributed by atoms with Gasteiger partial charge in [-0.2, -0.15) is 0 Å². The van der Waals surface area contributed by atoms with E-state index in [1.54, 1.807) is 0 Å². The molecule has 6 heteroatoms. The van der Waals surface area contributed by atoms with Crippen LogP contribution in [0.2, 0.25) is 0 Å². The number of nitrogens with one attached hydrogen (secondary N) is 1. The van der Waals surface area contributed by atoms with Gasteiger partial charge in [-0.25, -0.2) is 8.78 Å². The van der Waals surface area contributed by atoms with Gasteiger partial charge < -0.3 is 16.0 Å². The van der Waals surface area contributed by atoms with Gasteiger partial charge >= 0.3 is 0 Å². The minimum atomic E-state index is -0.874. The lowest BCUT2D eigenvalue weighted by Gasteiger charge is -2.20. The predicted molar refractivity (Wildman–Crippen MR) is 77.9 cm³/mol. The van der Waals surface area contributed by atoms with Crippen molar-refractivity contribution in [2.45, 2.75) is 19.8 Å². The molecule has 3 N–H and O–H groups in total. The van der Waals surface area contributed by atoms with Crippen LogP contribution < -0.4 is 11.1 Å². The lowest BCUT2D eigenvalue weighted by molar-refractivity contribution is 0.0940. The van der Waals surface area contributed by atoms with Gasteiger partial charge in [0.25, 0.3) is 5.91 Å². The predicted octanol–water partition coefficient (Wildman–Crippen LogP) is 2.01. The number of hydrogen-bond acceptors (Lipinski definition) is 3. The Kier molecular flexibility index (Phi) is 5.12. The molecule has 4 nitrogen and oxygen atoms in total. The van der Waals surface area contributed by atoms with Crippen molar-refractivity contribution in [2.75, 3.05) is 31.9 Å². The maximum absolute atomic E-state index is 13.7. The molecule has 1 aromatic carbocycles. The maximum Gasteiger partial charge on any atom is 0.254 e. The Balaban J connectivity index is 1.89. The van der Waals surface area contributed by atoms with E-state index in [1.165, 1.54) is 12.8 Å². The summed E-state index contributed by atoms with van der Waals surface area (Å²) in [5.74, 6) is -1.97. The molecule has 1 aromatic rings. The van der Waals surface area contributed by atoms with Crippen molar-refractivity contribution in [1.82, 2.24) is 10.2 Å². The van der Waals surface area contributed by atoms with Gasteiger partial charge in [0, 0.05) is 13.1 Å². The first kappa shape index (κ1) is 15.7. The van der Waals surface area contributed by atoms with Gasteiger partial charge in [0.1, 0.15) is 5.82 Å². The Bertz CT molecular complexity index is 516. The van der Waals surface area contributed by atoms with Gasteiger partial charge in [-0.3, -0.25) is 4.79 Å². The van der Waals surface area contributed by atoms with Crippen molar-refractivity contribution in [3.63, 3.8) is 0 Å². The Morgan fingerprint density at radius 2 is 2.05 bits per heavy atom. The normalized spacial score (nSPS) is 16.9. The van der Waals surface area contributed by atoms with E-state index in [1.807, 2.05) is 6.92 Å². The fraction of sp³-hybridized carbons (Fsp3) is 0.533. The maximum atomic E-state index is 13.7. The fourth-order valence-electron chi connectivity index (χ4n) is 2.61. The summed E-state index contributed by atoms with van der Waals surface area (Å²) in [6.07, 6.45) is 2.43. The van der Waals surface area contributed by atoms with E-state index in [-0.39, 0.29) is 17.2 Å². The molecule has 0 aromatic heterocycles. The Morgan fingerprint density at radius 1 is 1.38 bits per heavy atom. The average Bonchev–Trinajstić information content (AvgIpc) is 2.93. The quantitative estimate of drug-likeness (QED) is 0.817. The Morgan fingerprint density at radius 3 is 2.71 bits per heavy atom. The van der Waals surface area contributed by atoms with Crippen LogP contribution in [0.3, 0.4) is 0 Å². The third-order valence-electron chi connectivity index (χ3n) is 3.69. The van der Waals surface area contributed by atoms with E-state index in [2.05, 4.69) is 10.2 Å². The van der Waals surface area contributed by atoms with E-state index in [0.29, 0.717) is 6.54 Å². The lowest BCUT2D eigenvalue weighted by atomic mass is 10.1. The van der Waals surface area contributed by atoms with Crippen molar-refractivity contribution in [2.24, 2.45) is 5.92 Å². The molecule has 0 spiro atoms. The summed E-state index contributed by atoms with van der Waals surface area (Å²) in [6, 6.07) is 1.73. The number of carbonyl (C=O) groups excluding carboxylic acids is 1. The molecule has 21 heavy (non-hydrogen) atoms. The number of benzene rings is 1. The molecule has 1 fully saturated rings. The van der Waals surface area contributed by atoms with Gasteiger partial charge in [0.15, 0.2) is 5.82 Å². The molecular weight excluding hydrogens is 276 g/mol. The number of nitrogen functional groups attached to an aromatic ring is 1. The second-order valence-electron chi connectivity index (χ2n) is 5.68. The molecule has 1 heterocycles. The van der Waals surface area contributed by atoms with Crippen LogP contribution in [0.4, 0.5) is 14.5 Å². The average molecular weight is 297 g/mol. The minimum Gasteiger partial charge on any atom is -0.396 e. The third-order valence-corrected chi connectivity index (χ3v) is 3.69. The van der Waals surface area contributed by atoms with Crippen LogP contribution in [0.5, 0.6) is 0 Å². The zero-order chi connectivity index (χ0) is 15.4. The summed E-state index contributed by atoms with van der Waals surface area (Å²) in [6.45, 7) is 5.52. The van der Waals surface area contributed by atoms with Gasteiger partial charge in [0.05, 0.1) is 11.3 Å². The zero-order valence-electron chi connectivity index (χ0n) is 12.2. The highest BCUT2D eigenvalue weighted by Gasteiger charge is 2.18. The molecule has 1 saturated heterocycles. The van der Waals surface area contributed by atoms with Crippen LogP contribution in [0.25, 0.3) is 0 Å². The minimum absolute atomic E-state index is 0.251. The number of hydrogen-bond donors (Lipinski definition) is 2. The van der Waals surface area contributed by atoms with Crippen LogP contribution in [-0.2, 0) is 0 Å². The number of halogens is 2. The Hall–Kier alpha value is -1.69. The highest BCUT2D eigenvalue weighted by molar-refractivity contribution is 5.95. The summed E-state index contributed by atoms with van der Waals surface area (Å²) in [5, 5.41) is 2.64. The van der Waals surface area contributed by atoms with Crippen molar-refractivity contribution in [3.8, 4) is 0 Å². The number of anilines is 1. The molecule has 0 aliphatic carbocycles. The molecule has 1 amide bonds. The first-order chi connectivity index (χ1) is 9.97. The highest BCUT2D eigenvalue weighted by atomic mass is 19.1. The zero-order valence-corrected chi connectivity index (χ0v) is 12.2. The summed E-state index contributed by atoms with van der Waals surface area (Å²) in [5.41, 5.74) is 4.62. The van der Waals surface area contributed by atoms with Gasteiger partial charge in [-0.15, -0.1) is 0 Å². The fourth-order valence-corrected chi connectivity index (χ4v) is 2.61. The largest absolute Gasteiger partial charge is 0.396 e. The van der Waals surface area contributed by atoms with Crippen LogP contribution in [0.1, 0.15) is 30.1 Å². The Labute approximate surface area is 123 Å². The standard InChI is InChI=1S/C15H21F2N3O/c1-10(9-20-4-2-3-5-20)8-19-15(21)12-6-11(16)7-13(18)14(12)17/h6-7,10H,2-5,8-9,18H2,1H3,(H,19,21). The summed E-state index contributed by atoms with van der Waals surface area (Å²) in [7, 11) is 0. The first-order valence-corrected chi connectivity index (χ1v) is 7.22. The molecular formula is C15H21F2N3O. The molecule has 0 radical (unpaired) electrons. The van der Waals surface area contributed by atoms with Crippen molar-refractivity contribution in [1.29, 1.82) is 0 Å². The molecule has 2 rings (SSSR count). The van der Waals surface area contributed by atoms with Crippen LogP contribution in [0, 0.1) is 17.6 Å². The smallest absolute Gasteiger partial charge is 0.254 e. The number of nitrogens with zero attached hydrogens (tertiary/aromatic N) is 1. The van der Waals surface area contributed by atoms with Crippen molar-refractivity contribution >= 4 is 11.6 Å². The monoisotopic (exact) mass is 297 g/mol. The summed E-state index contributed by atoms with van der Waals surface area (Å²) in [4.78, 5) is 14.3. The van der Waals surface area contributed by atoms with E-state index < -0.39 is 17.5 Å².